The Morgan fingerprint density at radius 2 is 2.00 bits per heavy atom. The lowest BCUT2D eigenvalue weighted by molar-refractivity contribution is 0.977. The molecule has 0 bridgehead atoms. The molecule has 0 spiro atoms. The molecule has 0 saturated carbocycles. The summed E-state index contributed by atoms with van der Waals surface area (Å²) in [6, 6.07) is 8.92. The Morgan fingerprint density at radius 3 is 2.65 bits per heavy atom. The minimum Gasteiger partial charge on any atom is -0.373 e. The molecule has 0 atom stereocenters. The quantitative estimate of drug-likeness (QED) is 0.665. The third-order valence-electron chi connectivity index (χ3n) is 2.51. The zero-order valence-electron chi connectivity index (χ0n) is 10.9. The van der Waals surface area contributed by atoms with Crippen LogP contribution in [0.5, 0.6) is 0 Å². The van der Waals surface area contributed by atoms with Crippen LogP contribution >= 0.6 is 23.4 Å². The molecule has 0 amide bonds. The molecule has 2 N–H and O–H groups in total. The molecule has 7 heteroatoms. The summed E-state index contributed by atoms with van der Waals surface area (Å²) in [5.74, 6) is 1.31. The summed E-state index contributed by atoms with van der Waals surface area (Å²) in [6.07, 6.45) is 1.90. The minimum atomic E-state index is 0.504. The van der Waals surface area contributed by atoms with Crippen LogP contribution in [-0.2, 0) is 0 Å². The average Bonchev–Trinajstić information content (AvgIpc) is 2.47. The van der Waals surface area contributed by atoms with E-state index in [1.54, 1.807) is 31.3 Å². The summed E-state index contributed by atoms with van der Waals surface area (Å²) >= 11 is 7.40. The molecule has 0 unspecified atom stereocenters. The highest BCUT2D eigenvalue weighted by molar-refractivity contribution is 7.98. The molecule has 0 fully saturated rings. The van der Waals surface area contributed by atoms with Gasteiger partial charge in [0.05, 0.1) is 11.3 Å². The average molecular weight is 306 g/mol. The highest BCUT2D eigenvalue weighted by Gasteiger charge is 2.07. The number of hydrogen-bond acceptors (Lipinski definition) is 6. The number of anilines is 3. The number of aromatic nitrogens is 2. The van der Waals surface area contributed by atoms with Gasteiger partial charge in [-0.05, 0) is 24.5 Å². The van der Waals surface area contributed by atoms with E-state index in [4.69, 9.17) is 16.9 Å². The summed E-state index contributed by atoms with van der Waals surface area (Å²) in [5, 5.41) is 16.4. The highest BCUT2D eigenvalue weighted by atomic mass is 35.5. The van der Waals surface area contributed by atoms with Gasteiger partial charge in [-0.1, -0.05) is 23.4 Å². The Hall–Kier alpha value is -1.97. The molecule has 0 aliphatic carbocycles. The molecule has 2 rings (SSSR count). The second-order valence-corrected chi connectivity index (χ2v) is 5.01. The number of nitrogens with one attached hydrogen (secondary N) is 2. The standard InChI is InChI=1S/C13H12ClN5S/c1-16-11-6-12(19-13(18-11)20-2)17-10-5-9(14)4-3-8(10)7-15/h3-6H,1-2H3,(H2,16,17,18,19). The Balaban J connectivity index is 2.39. The van der Waals surface area contributed by atoms with Gasteiger partial charge >= 0.3 is 0 Å². The fraction of sp³-hybridized carbons (Fsp3) is 0.154. The molecule has 0 aliphatic rings. The molecule has 1 aromatic heterocycles. The van der Waals surface area contributed by atoms with Gasteiger partial charge in [-0.3, -0.25) is 0 Å². The van der Waals surface area contributed by atoms with Crippen LogP contribution < -0.4 is 10.6 Å². The fourth-order valence-corrected chi connectivity index (χ4v) is 2.12. The summed E-state index contributed by atoms with van der Waals surface area (Å²) in [7, 11) is 1.79. The van der Waals surface area contributed by atoms with Crippen molar-refractivity contribution >= 4 is 40.7 Å². The molecule has 20 heavy (non-hydrogen) atoms. The first kappa shape index (κ1) is 14.4. The van der Waals surface area contributed by atoms with E-state index in [-0.39, 0.29) is 0 Å². The van der Waals surface area contributed by atoms with Gasteiger partial charge in [0.25, 0.3) is 0 Å². The lowest BCUT2D eigenvalue weighted by atomic mass is 10.2. The van der Waals surface area contributed by atoms with E-state index < -0.39 is 0 Å². The van der Waals surface area contributed by atoms with Crippen molar-refractivity contribution in [1.29, 1.82) is 5.26 Å². The monoisotopic (exact) mass is 305 g/mol. The van der Waals surface area contributed by atoms with Crippen molar-refractivity contribution in [3.8, 4) is 6.07 Å². The maximum atomic E-state index is 9.11. The van der Waals surface area contributed by atoms with Crippen molar-refractivity contribution in [1.82, 2.24) is 9.97 Å². The summed E-state index contributed by atoms with van der Waals surface area (Å²) in [6.45, 7) is 0. The van der Waals surface area contributed by atoms with Crippen molar-refractivity contribution < 1.29 is 0 Å². The molecule has 102 valence electrons. The summed E-state index contributed by atoms with van der Waals surface area (Å²) in [5.41, 5.74) is 1.12. The zero-order chi connectivity index (χ0) is 14.5. The van der Waals surface area contributed by atoms with Crippen LogP contribution in [0.2, 0.25) is 5.02 Å². The van der Waals surface area contributed by atoms with Gasteiger partial charge in [-0.2, -0.15) is 5.26 Å². The smallest absolute Gasteiger partial charge is 0.191 e. The molecular weight excluding hydrogens is 294 g/mol. The van der Waals surface area contributed by atoms with Crippen LogP contribution in [0, 0.1) is 11.3 Å². The molecular formula is C13H12ClN5S. The fourth-order valence-electron chi connectivity index (χ4n) is 1.56. The van der Waals surface area contributed by atoms with Crippen molar-refractivity contribution in [2.45, 2.75) is 5.16 Å². The third-order valence-corrected chi connectivity index (χ3v) is 3.29. The first-order chi connectivity index (χ1) is 9.66. The maximum absolute atomic E-state index is 9.11. The predicted octanol–water partition coefficient (Wildman–Crippen LogP) is 3.51. The largest absolute Gasteiger partial charge is 0.373 e. The normalized spacial score (nSPS) is 9.90. The van der Waals surface area contributed by atoms with Crippen LogP contribution in [-0.4, -0.2) is 23.3 Å². The molecule has 5 nitrogen and oxygen atoms in total. The Bertz CT molecular complexity index is 646. The predicted molar refractivity (Wildman–Crippen MR) is 82.8 cm³/mol. The van der Waals surface area contributed by atoms with Crippen molar-refractivity contribution in [2.24, 2.45) is 0 Å². The second kappa shape index (κ2) is 6.46. The zero-order valence-corrected chi connectivity index (χ0v) is 12.5. The van der Waals surface area contributed by atoms with Crippen molar-refractivity contribution in [3.63, 3.8) is 0 Å². The molecule has 0 aliphatic heterocycles. The van der Waals surface area contributed by atoms with Gasteiger partial charge < -0.3 is 10.6 Å². The van der Waals surface area contributed by atoms with E-state index >= 15 is 0 Å². The first-order valence-electron chi connectivity index (χ1n) is 5.73. The number of nitrogens with zero attached hydrogens (tertiary/aromatic N) is 3. The number of halogens is 1. The molecule has 1 heterocycles. The van der Waals surface area contributed by atoms with Crippen LogP contribution in [0.25, 0.3) is 0 Å². The van der Waals surface area contributed by atoms with Crippen LogP contribution in [0.4, 0.5) is 17.3 Å². The van der Waals surface area contributed by atoms with Gasteiger partial charge in [0, 0.05) is 18.1 Å². The van der Waals surface area contributed by atoms with Crippen molar-refractivity contribution in [3.05, 3.63) is 34.9 Å². The maximum Gasteiger partial charge on any atom is 0.191 e. The van der Waals surface area contributed by atoms with Crippen LogP contribution in [0.1, 0.15) is 5.56 Å². The second-order valence-electron chi connectivity index (χ2n) is 3.80. The van der Waals surface area contributed by atoms with E-state index in [0.29, 0.717) is 33.1 Å². The summed E-state index contributed by atoms with van der Waals surface area (Å²) < 4.78 is 0. The van der Waals surface area contributed by atoms with E-state index in [1.165, 1.54) is 11.8 Å². The van der Waals surface area contributed by atoms with E-state index in [0.717, 1.165) is 0 Å². The molecule has 0 saturated heterocycles. The van der Waals surface area contributed by atoms with Crippen LogP contribution in [0.15, 0.2) is 29.4 Å². The lowest BCUT2D eigenvalue weighted by Gasteiger charge is -2.10. The lowest BCUT2D eigenvalue weighted by Crippen LogP contribution is -2.01. The number of benzene rings is 1. The van der Waals surface area contributed by atoms with E-state index in [1.807, 2.05) is 6.26 Å². The summed E-state index contributed by atoms with van der Waals surface area (Å²) in [4.78, 5) is 8.63. The van der Waals surface area contributed by atoms with Gasteiger partial charge in [-0.15, -0.1) is 0 Å². The van der Waals surface area contributed by atoms with Gasteiger partial charge in [0.15, 0.2) is 5.16 Å². The molecule has 1 aromatic carbocycles. The number of hydrogen-bond donors (Lipinski definition) is 2. The van der Waals surface area contributed by atoms with Gasteiger partial charge in [-0.25, -0.2) is 9.97 Å². The SMILES string of the molecule is CNc1cc(Nc2cc(Cl)ccc2C#N)nc(SC)n1. The topological polar surface area (TPSA) is 73.6 Å². The Kier molecular flexibility index (Phi) is 4.66. The van der Waals surface area contributed by atoms with Crippen LogP contribution in [0.3, 0.4) is 0 Å². The van der Waals surface area contributed by atoms with E-state index in [2.05, 4.69) is 26.7 Å². The van der Waals surface area contributed by atoms with Gasteiger partial charge in [0.1, 0.15) is 17.7 Å². The minimum absolute atomic E-state index is 0.504. The molecule has 0 radical (unpaired) electrons. The third kappa shape index (κ3) is 3.32. The Morgan fingerprint density at radius 1 is 1.25 bits per heavy atom. The van der Waals surface area contributed by atoms with Gasteiger partial charge in [0.2, 0.25) is 0 Å². The van der Waals surface area contributed by atoms with E-state index in [9.17, 15) is 0 Å². The Labute approximate surface area is 126 Å². The number of rotatable bonds is 4. The number of nitriles is 1. The molecule has 2 aromatic rings. The number of thioether (sulfide) groups is 1. The first-order valence-corrected chi connectivity index (χ1v) is 7.34. The van der Waals surface area contributed by atoms with Crippen molar-refractivity contribution in [2.75, 3.05) is 23.9 Å². The highest BCUT2D eigenvalue weighted by Crippen LogP contribution is 2.25.